The van der Waals surface area contributed by atoms with Crippen LogP contribution in [0.25, 0.3) is 5.69 Å². The first-order valence-electron chi connectivity index (χ1n) is 7.80. The fourth-order valence-corrected chi connectivity index (χ4v) is 2.81. The lowest BCUT2D eigenvalue weighted by Crippen LogP contribution is -2.46. The van der Waals surface area contributed by atoms with E-state index in [-0.39, 0.29) is 6.54 Å². The van der Waals surface area contributed by atoms with E-state index in [1.807, 2.05) is 30.3 Å². The number of fused-ring (bicyclic) bond motifs is 1. The van der Waals surface area contributed by atoms with Crippen molar-refractivity contribution in [2.75, 3.05) is 6.54 Å². The molecule has 0 spiro atoms. The Bertz CT molecular complexity index is 781. The van der Waals surface area contributed by atoms with Gasteiger partial charge in [0.25, 0.3) is 5.91 Å². The van der Waals surface area contributed by atoms with Crippen LogP contribution in [0.4, 0.5) is 0 Å². The van der Waals surface area contributed by atoms with E-state index in [2.05, 4.69) is 10.4 Å². The third kappa shape index (κ3) is 2.90. The van der Waals surface area contributed by atoms with Crippen LogP contribution in [-0.2, 0) is 17.6 Å². The van der Waals surface area contributed by atoms with Gasteiger partial charge < -0.3 is 15.5 Å². The second kappa shape index (κ2) is 6.09. The number of benzene rings is 1. The van der Waals surface area contributed by atoms with Gasteiger partial charge in [-0.1, -0.05) is 18.2 Å². The number of amides is 1. The van der Waals surface area contributed by atoms with Crippen molar-refractivity contribution >= 4 is 11.9 Å². The Kier molecular flexibility index (Phi) is 4.11. The summed E-state index contributed by atoms with van der Waals surface area (Å²) in [5.74, 6) is -1.85. The summed E-state index contributed by atoms with van der Waals surface area (Å²) in [5.41, 5.74) is 1.07. The number of hydrogen-bond acceptors (Lipinski definition) is 4. The van der Waals surface area contributed by atoms with E-state index < -0.39 is 17.5 Å². The highest BCUT2D eigenvalue weighted by Gasteiger charge is 2.32. The van der Waals surface area contributed by atoms with E-state index in [1.165, 1.54) is 0 Å². The number of nitrogens with one attached hydrogen (secondary N) is 1. The van der Waals surface area contributed by atoms with Crippen LogP contribution in [0.5, 0.6) is 0 Å². The third-order valence-electron chi connectivity index (χ3n) is 4.20. The molecule has 7 heteroatoms. The smallest absolute Gasteiger partial charge is 0.337 e. The summed E-state index contributed by atoms with van der Waals surface area (Å²) in [6, 6.07) is 9.56. The van der Waals surface area contributed by atoms with E-state index in [1.54, 1.807) is 4.68 Å². The first kappa shape index (κ1) is 16.2. The van der Waals surface area contributed by atoms with Crippen molar-refractivity contribution in [2.24, 2.45) is 0 Å². The number of nitrogens with zero attached hydrogens (tertiary/aromatic N) is 2. The minimum absolute atomic E-state index is 0.299. The zero-order chi connectivity index (χ0) is 17.3. The van der Waals surface area contributed by atoms with E-state index in [4.69, 9.17) is 5.11 Å². The lowest BCUT2D eigenvalue weighted by molar-refractivity contribution is -0.155. The van der Waals surface area contributed by atoms with Gasteiger partial charge in [-0.05, 0) is 38.3 Å². The topological polar surface area (TPSA) is 104 Å². The molecule has 1 aliphatic rings. The summed E-state index contributed by atoms with van der Waals surface area (Å²) >= 11 is 0. The van der Waals surface area contributed by atoms with Crippen LogP contribution < -0.4 is 5.32 Å². The molecule has 1 aliphatic carbocycles. The van der Waals surface area contributed by atoms with E-state index in [0.717, 1.165) is 43.1 Å². The van der Waals surface area contributed by atoms with Crippen LogP contribution >= 0.6 is 0 Å². The summed E-state index contributed by atoms with van der Waals surface area (Å²) in [4.78, 5) is 23.4. The lowest BCUT2D eigenvalue weighted by atomic mass is 10.1. The molecule has 0 bridgehead atoms. The van der Waals surface area contributed by atoms with Crippen molar-refractivity contribution in [3.8, 4) is 5.69 Å². The zero-order valence-electron chi connectivity index (χ0n) is 13.3. The molecule has 1 aromatic carbocycles. The normalized spacial score (nSPS) is 15.6. The van der Waals surface area contributed by atoms with Gasteiger partial charge in [0.1, 0.15) is 0 Å². The molecular formula is C17H19N3O4. The molecular weight excluding hydrogens is 310 g/mol. The number of carbonyl (C=O) groups is 2. The number of carbonyl (C=O) groups excluding carboxylic acids is 1. The maximum atomic E-state index is 12.4. The lowest BCUT2D eigenvalue weighted by Gasteiger charge is -2.17. The molecule has 1 atom stereocenters. The van der Waals surface area contributed by atoms with Gasteiger partial charge in [-0.2, -0.15) is 5.10 Å². The van der Waals surface area contributed by atoms with Gasteiger partial charge in [0.05, 0.1) is 12.2 Å². The van der Waals surface area contributed by atoms with Crippen molar-refractivity contribution in [2.45, 2.75) is 31.8 Å². The summed E-state index contributed by atoms with van der Waals surface area (Å²) < 4.78 is 1.77. The maximum absolute atomic E-state index is 12.4. The predicted molar refractivity (Wildman–Crippen MR) is 86.2 cm³/mol. The Morgan fingerprint density at radius 2 is 2.00 bits per heavy atom. The Balaban J connectivity index is 1.87. The minimum atomic E-state index is -2.01. The number of aromatic nitrogens is 2. The van der Waals surface area contributed by atoms with Crippen LogP contribution in [0.2, 0.25) is 0 Å². The van der Waals surface area contributed by atoms with Gasteiger partial charge in [-0.15, -0.1) is 0 Å². The van der Waals surface area contributed by atoms with Crippen LogP contribution in [0.3, 0.4) is 0 Å². The second-order valence-electron chi connectivity index (χ2n) is 6.14. The SMILES string of the molecule is CC(O)(CNC(=O)c1nn(-c2ccccc2)c2c1CCC2)C(=O)O. The van der Waals surface area contributed by atoms with Gasteiger partial charge in [0.2, 0.25) is 0 Å². The first-order chi connectivity index (χ1) is 11.4. The first-order valence-corrected chi connectivity index (χ1v) is 7.80. The van der Waals surface area contributed by atoms with Crippen molar-refractivity contribution in [3.05, 3.63) is 47.3 Å². The van der Waals surface area contributed by atoms with Crippen molar-refractivity contribution in [1.82, 2.24) is 15.1 Å². The molecule has 2 aromatic rings. The van der Waals surface area contributed by atoms with Crippen molar-refractivity contribution in [1.29, 1.82) is 0 Å². The summed E-state index contributed by atoms with van der Waals surface area (Å²) in [6.07, 6.45) is 2.56. The van der Waals surface area contributed by atoms with Crippen LogP contribution in [0, 0.1) is 0 Å². The highest BCUT2D eigenvalue weighted by molar-refractivity contribution is 5.94. The van der Waals surface area contributed by atoms with Crippen molar-refractivity contribution < 1.29 is 19.8 Å². The highest BCUT2D eigenvalue weighted by Crippen LogP contribution is 2.27. The van der Waals surface area contributed by atoms with Gasteiger partial charge in [-0.25, -0.2) is 9.48 Å². The Morgan fingerprint density at radius 3 is 2.67 bits per heavy atom. The molecule has 1 heterocycles. The number of rotatable bonds is 5. The molecule has 1 unspecified atom stereocenters. The van der Waals surface area contributed by atoms with Gasteiger partial charge in [-0.3, -0.25) is 4.79 Å². The molecule has 1 aromatic heterocycles. The molecule has 1 amide bonds. The van der Waals surface area contributed by atoms with E-state index in [0.29, 0.717) is 5.69 Å². The molecule has 3 N–H and O–H groups in total. The van der Waals surface area contributed by atoms with Gasteiger partial charge >= 0.3 is 5.97 Å². The van der Waals surface area contributed by atoms with E-state index >= 15 is 0 Å². The molecule has 0 saturated carbocycles. The van der Waals surface area contributed by atoms with Crippen LogP contribution in [-0.4, -0.2) is 44.0 Å². The van der Waals surface area contributed by atoms with Crippen LogP contribution in [0.15, 0.2) is 30.3 Å². The average Bonchev–Trinajstić information content (AvgIpc) is 3.15. The summed E-state index contributed by atoms with van der Waals surface area (Å²) in [5, 5.41) is 25.5. The molecule has 24 heavy (non-hydrogen) atoms. The average molecular weight is 329 g/mol. The summed E-state index contributed by atoms with van der Waals surface area (Å²) in [6.45, 7) is 0.761. The predicted octanol–water partition coefficient (Wildman–Crippen LogP) is 0.926. The molecule has 0 saturated heterocycles. The monoisotopic (exact) mass is 329 g/mol. The van der Waals surface area contributed by atoms with Crippen molar-refractivity contribution in [3.63, 3.8) is 0 Å². The third-order valence-corrected chi connectivity index (χ3v) is 4.20. The van der Waals surface area contributed by atoms with Gasteiger partial charge in [0.15, 0.2) is 11.3 Å². The number of aliphatic carboxylic acids is 1. The fourth-order valence-electron chi connectivity index (χ4n) is 2.81. The highest BCUT2D eigenvalue weighted by atomic mass is 16.4. The standard InChI is InChI=1S/C17H19N3O4/c1-17(24,16(22)23)10-18-15(21)14-12-8-5-9-13(12)20(19-14)11-6-3-2-4-7-11/h2-4,6-7,24H,5,8-10H2,1H3,(H,18,21)(H,22,23). The maximum Gasteiger partial charge on any atom is 0.337 e. The Hall–Kier alpha value is -2.67. The molecule has 7 nitrogen and oxygen atoms in total. The van der Waals surface area contributed by atoms with Crippen LogP contribution in [0.1, 0.15) is 35.1 Å². The minimum Gasteiger partial charge on any atom is -0.479 e. The van der Waals surface area contributed by atoms with Gasteiger partial charge in [0, 0.05) is 11.3 Å². The quantitative estimate of drug-likeness (QED) is 0.757. The number of aliphatic hydroxyl groups is 1. The molecule has 3 rings (SSSR count). The number of para-hydroxylation sites is 1. The fraction of sp³-hybridized carbons (Fsp3) is 0.353. The second-order valence-corrected chi connectivity index (χ2v) is 6.14. The Morgan fingerprint density at radius 1 is 1.29 bits per heavy atom. The van der Waals surface area contributed by atoms with E-state index in [9.17, 15) is 14.7 Å². The Labute approximate surface area is 138 Å². The molecule has 0 aliphatic heterocycles. The number of carboxylic acids is 1. The largest absolute Gasteiger partial charge is 0.479 e. The number of hydrogen-bond donors (Lipinski definition) is 3. The number of carboxylic acid groups (broad SMARTS) is 1. The molecule has 0 fully saturated rings. The molecule has 126 valence electrons. The molecule has 0 radical (unpaired) electrons. The summed E-state index contributed by atoms with van der Waals surface area (Å²) in [7, 11) is 0. The zero-order valence-corrected chi connectivity index (χ0v) is 13.3.